The SMILES string of the molecule is CCC1CCCCN1/C=C(/C#N)C(=O)N(C(C)=O)c1ccc(N)cc1. The predicted molar refractivity (Wildman–Crippen MR) is 97.4 cm³/mol. The van der Waals surface area contributed by atoms with E-state index in [1.807, 2.05) is 6.07 Å². The molecule has 0 radical (unpaired) electrons. The molecule has 6 nitrogen and oxygen atoms in total. The van der Waals surface area contributed by atoms with E-state index >= 15 is 0 Å². The van der Waals surface area contributed by atoms with Crippen molar-refractivity contribution in [1.82, 2.24) is 4.90 Å². The lowest BCUT2D eigenvalue weighted by molar-refractivity contribution is -0.123. The zero-order valence-corrected chi connectivity index (χ0v) is 14.7. The highest BCUT2D eigenvalue weighted by atomic mass is 16.2. The number of carbonyl (C=O) groups is 2. The Bertz CT molecular complexity index is 703. The molecule has 1 aliphatic heterocycles. The first kappa shape index (κ1) is 18.5. The molecule has 132 valence electrons. The molecule has 2 N–H and O–H groups in total. The molecule has 1 aromatic carbocycles. The van der Waals surface area contributed by atoms with E-state index in [-0.39, 0.29) is 5.57 Å². The lowest BCUT2D eigenvalue weighted by Gasteiger charge is -2.34. The number of piperidine rings is 1. The topological polar surface area (TPSA) is 90.4 Å². The maximum atomic E-state index is 12.8. The number of carbonyl (C=O) groups excluding carboxylic acids is 2. The predicted octanol–water partition coefficient (Wildman–Crippen LogP) is 2.82. The van der Waals surface area contributed by atoms with Crippen molar-refractivity contribution in [1.29, 1.82) is 5.26 Å². The second-order valence-corrected chi connectivity index (χ2v) is 6.20. The van der Waals surface area contributed by atoms with E-state index in [0.717, 1.165) is 37.1 Å². The third-order valence-electron chi connectivity index (χ3n) is 4.46. The molecule has 0 bridgehead atoms. The number of nitrogens with two attached hydrogens (primary N) is 1. The second-order valence-electron chi connectivity index (χ2n) is 6.20. The molecular weight excluding hydrogens is 316 g/mol. The fraction of sp³-hybridized carbons (Fsp3) is 0.421. The summed E-state index contributed by atoms with van der Waals surface area (Å²) in [5, 5.41) is 9.48. The van der Waals surface area contributed by atoms with E-state index in [9.17, 15) is 14.9 Å². The number of hydrogen-bond acceptors (Lipinski definition) is 5. The van der Waals surface area contributed by atoms with Crippen LogP contribution >= 0.6 is 0 Å². The Morgan fingerprint density at radius 1 is 1.36 bits per heavy atom. The molecule has 1 heterocycles. The number of nitrogen functional groups attached to an aromatic ring is 1. The first-order chi connectivity index (χ1) is 12.0. The van der Waals surface area contributed by atoms with Crippen LogP contribution < -0.4 is 10.6 Å². The minimum Gasteiger partial charge on any atom is -0.399 e. The van der Waals surface area contributed by atoms with Gasteiger partial charge in [-0.3, -0.25) is 9.59 Å². The van der Waals surface area contributed by atoms with Gasteiger partial charge in [-0.2, -0.15) is 5.26 Å². The number of likely N-dealkylation sites (tertiary alicyclic amines) is 1. The van der Waals surface area contributed by atoms with Crippen LogP contribution in [0.4, 0.5) is 11.4 Å². The van der Waals surface area contributed by atoms with Gasteiger partial charge in [0.1, 0.15) is 11.6 Å². The molecule has 0 saturated carbocycles. The van der Waals surface area contributed by atoms with Crippen LogP contribution in [0.2, 0.25) is 0 Å². The molecule has 1 aliphatic rings. The van der Waals surface area contributed by atoms with Gasteiger partial charge in [-0.15, -0.1) is 0 Å². The molecule has 1 fully saturated rings. The average molecular weight is 340 g/mol. The number of benzene rings is 1. The minimum absolute atomic E-state index is 0.0348. The smallest absolute Gasteiger partial charge is 0.277 e. The Labute approximate surface area is 148 Å². The Morgan fingerprint density at radius 3 is 2.60 bits per heavy atom. The van der Waals surface area contributed by atoms with Gasteiger partial charge in [0.15, 0.2) is 0 Å². The molecule has 2 rings (SSSR count). The normalized spacial score (nSPS) is 17.7. The van der Waals surface area contributed by atoms with Gasteiger partial charge >= 0.3 is 0 Å². The second kappa shape index (κ2) is 8.34. The van der Waals surface area contributed by atoms with E-state index < -0.39 is 11.8 Å². The zero-order chi connectivity index (χ0) is 18.4. The number of amides is 2. The fourth-order valence-corrected chi connectivity index (χ4v) is 3.11. The van der Waals surface area contributed by atoms with Gasteiger partial charge < -0.3 is 10.6 Å². The first-order valence-electron chi connectivity index (χ1n) is 8.56. The van der Waals surface area contributed by atoms with Crippen molar-refractivity contribution in [2.24, 2.45) is 0 Å². The van der Waals surface area contributed by atoms with E-state index in [1.165, 1.54) is 6.92 Å². The largest absolute Gasteiger partial charge is 0.399 e. The molecule has 6 heteroatoms. The summed E-state index contributed by atoms with van der Waals surface area (Å²) in [6.45, 7) is 4.22. The van der Waals surface area contributed by atoms with E-state index in [4.69, 9.17) is 5.73 Å². The number of hydrogen-bond donors (Lipinski definition) is 1. The molecule has 25 heavy (non-hydrogen) atoms. The number of imide groups is 1. The zero-order valence-electron chi connectivity index (χ0n) is 14.7. The Balaban J connectivity index is 2.32. The van der Waals surface area contributed by atoms with E-state index in [2.05, 4.69) is 11.8 Å². The van der Waals surface area contributed by atoms with Crippen LogP contribution in [-0.2, 0) is 9.59 Å². The molecule has 1 aromatic rings. The summed E-state index contributed by atoms with van der Waals surface area (Å²) in [5.41, 5.74) is 6.56. The van der Waals surface area contributed by atoms with Crippen LogP contribution in [0.3, 0.4) is 0 Å². The summed E-state index contributed by atoms with van der Waals surface area (Å²) >= 11 is 0. The van der Waals surface area contributed by atoms with Crippen molar-refractivity contribution in [3.63, 3.8) is 0 Å². The summed E-state index contributed by atoms with van der Waals surface area (Å²) in [5.74, 6) is -1.05. The van der Waals surface area contributed by atoms with Crippen LogP contribution in [0.1, 0.15) is 39.5 Å². The van der Waals surface area contributed by atoms with Gasteiger partial charge in [-0.25, -0.2) is 4.90 Å². The number of anilines is 2. The molecule has 0 aromatic heterocycles. The molecular formula is C19H24N4O2. The molecule has 1 unspecified atom stereocenters. The lowest BCUT2D eigenvalue weighted by Crippen LogP contribution is -2.39. The maximum absolute atomic E-state index is 12.8. The van der Waals surface area contributed by atoms with E-state index in [0.29, 0.717) is 17.4 Å². The Kier molecular flexibility index (Phi) is 6.18. The Hall–Kier alpha value is -2.81. The summed E-state index contributed by atoms with van der Waals surface area (Å²) in [6, 6.07) is 8.72. The standard InChI is InChI=1S/C19H24N4O2/c1-3-17-6-4-5-11-22(17)13-15(12-20)19(25)23(14(2)24)18-9-7-16(21)8-10-18/h7-10,13,17H,3-6,11,21H2,1-2H3/b15-13-. The van der Waals surface area contributed by atoms with Crippen LogP contribution in [0.5, 0.6) is 0 Å². The molecule has 0 aliphatic carbocycles. The molecule has 2 amide bonds. The highest BCUT2D eigenvalue weighted by Crippen LogP contribution is 2.23. The van der Waals surface area contributed by atoms with Crippen LogP contribution in [0.25, 0.3) is 0 Å². The van der Waals surface area contributed by atoms with Crippen molar-refractivity contribution in [3.8, 4) is 6.07 Å². The third kappa shape index (κ3) is 4.38. The minimum atomic E-state index is -0.611. The summed E-state index contributed by atoms with van der Waals surface area (Å²) in [7, 11) is 0. The summed E-state index contributed by atoms with van der Waals surface area (Å²) in [6.07, 6.45) is 5.81. The van der Waals surface area contributed by atoms with Gasteiger partial charge in [-0.05, 0) is 49.9 Å². The van der Waals surface area contributed by atoms with Crippen molar-refractivity contribution >= 4 is 23.2 Å². The van der Waals surface area contributed by atoms with Crippen LogP contribution in [-0.4, -0.2) is 29.3 Å². The van der Waals surface area contributed by atoms with Gasteiger partial charge in [0.25, 0.3) is 5.91 Å². The Morgan fingerprint density at radius 2 is 2.04 bits per heavy atom. The molecule has 0 spiro atoms. The van der Waals surface area contributed by atoms with Gasteiger partial charge in [0, 0.05) is 31.4 Å². The lowest BCUT2D eigenvalue weighted by atomic mass is 10.0. The molecule has 1 atom stereocenters. The van der Waals surface area contributed by atoms with Crippen LogP contribution in [0.15, 0.2) is 36.0 Å². The summed E-state index contributed by atoms with van der Waals surface area (Å²) in [4.78, 5) is 27.9. The highest BCUT2D eigenvalue weighted by Gasteiger charge is 2.26. The van der Waals surface area contributed by atoms with Crippen molar-refractivity contribution in [2.75, 3.05) is 17.2 Å². The third-order valence-corrected chi connectivity index (χ3v) is 4.46. The van der Waals surface area contributed by atoms with E-state index in [1.54, 1.807) is 30.5 Å². The maximum Gasteiger partial charge on any atom is 0.277 e. The highest BCUT2D eigenvalue weighted by molar-refractivity contribution is 6.21. The monoisotopic (exact) mass is 340 g/mol. The average Bonchev–Trinajstić information content (AvgIpc) is 2.61. The van der Waals surface area contributed by atoms with Crippen molar-refractivity contribution < 1.29 is 9.59 Å². The van der Waals surface area contributed by atoms with Gasteiger partial charge in [-0.1, -0.05) is 6.92 Å². The van der Waals surface area contributed by atoms with Crippen molar-refractivity contribution in [2.45, 2.75) is 45.6 Å². The summed E-state index contributed by atoms with van der Waals surface area (Å²) < 4.78 is 0. The quantitative estimate of drug-likeness (QED) is 0.517. The number of nitrogens with zero attached hydrogens (tertiary/aromatic N) is 3. The fourth-order valence-electron chi connectivity index (χ4n) is 3.11. The van der Waals surface area contributed by atoms with Crippen LogP contribution in [0, 0.1) is 11.3 Å². The molecule has 1 saturated heterocycles. The first-order valence-corrected chi connectivity index (χ1v) is 8.56. The number of nitriles is 1. The number of rotatable bonds is 4. The van der Waals surface area contributed by atoms with Gasteiger partial charge in [0.05, 0.1) is 5.69 Å². The van der Waals surface area contributed by atoms with Gasteiger partial charge in [0.2, 0.25) is 5.91 Å². The van der Waals surface area contributed by atoms with Crippen molar-refractivity contribution in [3.05, 3.63) is 36.0 Å².